The first-order valence-electron chi connectivity index (χ1n) is 21.4. The number of carbonyl (C=O) groups is 5. The number of hydrogen-bond acceptors (Lipinski definition) is 11. The molecule has 63 heavy (non-hydrogen) atoms. The smallest absolute Gasteiger partial charge is 0.226 e. The number of unbranched alkanes of at least 4 members (excludes halogenated alkanes) is 1. The van der Waals surface area contributed by atoms with Crippen molar-refractivity contribution in [2.45, 2.75) is 70.4 Å². The molecule has 0 unspecified atom stereocenters. The highest BCUT2D eigenvalue weighted by molar-refractivity contribution is 6.30. The maximum Gasteiger partial charge on any atom is 0.226 e. The second-order valence-corrected chi connectivity index (χ2v) is 16.3. The van der Waals surface area contributed by atoms with Crippen LogP contribution in [0.4, 0.5) is 0 Å². The highest BCUT2D eigenvalue weighted by Gasteiger charge is 2.36. The summed E-state index contributed by atoms with van der Waals surface area (Å²) in [5, 5.41) is 12.7. The average molecular weight is 877 g/mol. The summed E-state index contributed by atoms with van der Waals surface area (Å²) in [4.78, 5) is 72.7. The van der Waals surface area contributed by atoms with Crippen molar-refractivity contribution in [2.24, 2.45) is 29.0 Å². The van der Waals surface area contributed by atoms with E-state index >= 15 is 0 Å². The number of nitrogens with zero attached hydrogens (tertiary/aromatic N) is 2. The first-order valence-corrected chi connectivity index (χ1v) is 21.8. The van der Waals surface area contributed by atoms with Gasteiger partial charge in [0.1, 0.15) is 30.8 Å². The second-order valence-electron chi connectivity index (χ2n) is 15.8. The van der Waals surface area contributed by atoms with Crippen LogP contribution < -0.4 is 32.0 Å². The molecule has 1 aliphatic rings. The molecule has 4 bridgehead atoms. The van der Waals surface area contributed by atoms with E-state index in [0.717, 1.165) is 5.56 Å². The van der Waals surface area contributed by atoms with Gasteiger partial charge in [-0.15, -0.1) is 0 Å². The topological polar surface area (TPSA) is 221 Å². The van der Waals surface area contributed by atoms with Crippen molar-refractivity contribution in [3.8, 4) is 39.8 Å². The summed E-state index contributed by atoms with van der Waals surface area (Å²) in [5.74, 6) is -2.82. The van der Waals surface area contributed by atoms with Crippen LogP contribution in [0, 0.1) is 23.2 Å². The van der Waals surface area contributed by atoms with Gasteiger partial charge >= 0.3 is 0 Å². The number of nitriles is 1. The third kappa shape index (κ3) is 12.6. The second kappa shape index (κ2) is 23.5. The molecule has 1 heterocycles. The van der Waals surface area contributed by atoms with E-state index in [4.69, 9.17) is 38.3 Å². The largest absolute Gasteiger partial charge is 0.492 e. The van der Waals surface area contributed by atoms with Crippen LogP contribution in [-0.4, -0.2) is 80.0 Å². The summed E-state index contributed by atoms with van der Waals surface area (Å²) < 4.78 is 12.3. The van der Waals surface area contributed by atoms with Gasteiger partial charge in [-0.1, -0.05) is 73.5 Å². The van der Waals surface area contributed by atoms with Crippen LogP contribution >= 0.6 is 11.6 Å². The predicted molar refractivity (Wildman–Crippen MR) is 243 cm³/mol. The van der Waals surface area contributed by atoms with Gasteiger partial charge in [0.05, 0.1) is 12.1 Å². The van der Waals surface area contributed by atoms with Crippen LogP contribution in [0.3, 0.4) is 0 Å². The van der Waals surface area contributed by atoms with Crippen LogP contribution in [0.2, 0.25) is 5.02 Å². The van der Waals surface area contributed by atoms with E-state index in [1.165, 1.54) is 4.90 Å². The van der Waals surface area contributed by atoms with Crippen molar-refractivity contribution in [2.75, 3.05) is 39.9 Å². The van der Waals surface area contributed by atoms with Gasteiger partial charge in [-0.05, 0) is 84.5 Å². The first kappa shape index (κ1) is 48.1. The third-order valence-electron chi connectivity index (χ3n) is 11.2. The minimum atomic E-state index is -1.21. The van der Waals surface area contributed by atoms with Crippen LogP contribution in [0.1, 0.15) is 79.4 Å². The standard InChI is InChI=1S/C49H57ClN6O7/c1-31-26-44(59)47(56(2)49(61)35(8-5-6-20-51)30-43(58)38-10-4-3-9-37(38)33-13-16-36(50)17-14-33)34-15-19-46(63-25-23-54)40(29-34)39-27-32(12-18-45(39)62-24-22-53)28-41(55-48(31)60)42(57)11-7-21-52/h3-4,9-10,12-19,27,29,31,35,41,47H,5-8,11,20,22-26,28,30,51,53-54H2,1-2H3,(H,55,60)/t31-,35-,41+,47+/m1/s1. The number of ketones is 3. The van der Waals surface area contributed by atoms with Crippen molar-refractivity contribution in [3.05, 3.63) is 107 Å². The summed E-state index contributed by atoms with van der Waals surface area (Å²) in [6, 6.07) is 24.8. The minimum absolute atomic E-state index is 0.0271. The Bertz CT molecular complexity index is 2290. The van der Waals surface area contributed by atoms with E-state index in [2.05, 4.69) is 5.32 Å². The van der Waals surface area contributed by atoms with Crippen molar-refractivity contribution in [3.63, 3.8) is 0 Å². The molecular formula is C49H57ClN6O7. The summed E-state index contributed by atoms with van der Waals surface area (Å²) in [6.45, 7) is 2.79. The van der Waals surface area contributed by atoms with E-state index in [-0.39, 0.29) is 70.0 Å². The monoisotopic (exact) mass is 876 g/mol. The van der Waals surface area contributed by atoms with Gasteiger partial charge < -0.3 is 36.9 Å². The molecule has 4 atom stereocenters. The molecule has 332 valence electrons. The molecule has 2 amide bonds. The summed E-state index contributed by atoms with van der Waals surface area (Å²) >= 11 is 6.17. The summed E-state index contributed by atoms with van der Waals surface area (Å²) in [5.41, 5.74) is 21.7. The highest BCUT2D eigenvalue weighted by atomic mass is 35.5. The molecule has 0 saturated heterocycles. The van der Waals surface area contributed by atoms with Crippen LogP contribution in [0.5, 0.6) is 11.5 Å². The molecule has 5 rings (SSSR count). The van der Waals surface area contributed by atoms with Crippen molar-refractivity contribution >= 4 is 40.8 Å². The van der Waals surface area contributed by atoms with Crippen LogP contribution in [0.25, 0.3) is 22.3 Å². The lowest BCUT2D eigenvalue weighted by Crippen LogP contribution is -2.45. The Labute approximate surface area is 374 Å². The molecule has 7 N–H and O–H groups in total. The predicted octanol–water partition coefficient (Wildman–Crippen LogP) is 6.38. The number of Topliss-reactive ketones (excluding diaryl/α,β-unsaturated/α-hetero) is 3. The van der Waals surface area contributed by atoms with Gasteiger partial charge in [0.2, 0.25) is 11.8 Å². The maximum absolute atomic E-state index is 15.0. The number of rotatable bonds is 19. The first-order chi connectivity index (χ1) is 30.4. The van der Waals surface area contributed by atoms with Gasteiger partial charge in [0.25, 0.3) is 0 Å². The SMILES string of the molecule is C[C@@H]1CC(=O)[C@@H](N(C)C(=O)[C@H](CCCCN)CC(=O)c2ccccc2-c2ccc(Cl)cc2)c2ccc(OCCN)c(c2)-c2cc(ccc2OCCN)C[C@@H](C(=O)CCC#N)NC1=O. The number of nitrogens with two attached hydrogens (primary N) is 3. The normalized spacial score (nSPS) is 16.8. The van der Waals surface area contributed by atoms with Gasteiger partial charge in [0, 0.05) is 79.4 Å². The number of benzene rings is 4. The third-order valence-corrected chi connectivity index (χ3v) is 11.4. The lowest BCUT2D eigenvalue weighted by Gasteiger charge is -2.32. The molecule has 4 aromatic rings. The van der Waals surface area contributed by atoms with Gasteiger partial charge in [0.15, 0.2) is 17.3 Å². The van der Waals surface area contributed by atoms with Gasteiger partial charge in [-0.25, -0.2) is 0 Å². The fourth-order valence-electron chi connectivity index (χ4n) is 7.92. The van der Waals surface area contributed by atoms with Crippen molar-refractivity contribution < 1.29 is 33.4 Å². The molecule has 13 nitrogen and oxygen atoms in total. The maximum atomic E-state index is 15.0. The number of halogens is 1. The van der Waals surface area contributed by atoms with E-state index in [0.29, 0.717) is 75.7 Å². The molecule has 0 aromatic heterocycles. The van der Waals surface area contributed by atoms with Gasteiger partial charge in [-0.3, -0.25) is 24.0 Å². The number of hydrogen-bond donors (Lipinski definition) is 4. The Morgan fingerprint density at radius 2 is 1.52 bits per heavy atom. The Morgan fingerprint density at radius 3 is 2.19 bits per heavy atom. The Balaban J connectivity index is 1.62. The Hall–Kier alpha value is -5.91. The molecule has 0 fully saturated rings. The number of nitrogens with one attached hydrogen (secondary N) is 1. The average Bonchev–Trinajstić information content (AvgIpc) is 3.28. The summed E-state index contributed by atoms with van der Waals surface area (Å²) in [7, 11) is 1.54. The van der Waals surface area contributed by atoms with E-state index in [1.54, 1.807) is 68.6 Å². The number of likely N-dealkylation sites (N-methyl/N-ethyl adjacent to an activating group) is 1. The molecule has 4 aromatic carbocycles. The molecular weight excluding hydrogens is 820 g/mol. The fourth-order valence-corrected chi connectivity index (χ4v) is 8.04. The fraction of sp³-hybridized carbons (Fsp3) is 0.388. The molecule has 0 aliphatic carbocycles. The van der Waals surface area contributed by atoms with E-state index < -0.39 is 41.5 Å². The number of ether oxygens (including phenoxy) is 2. The highest BCUT2D eigenvalue weighted by Crippen LogP contribution is 2.41. The minimum Gasteiger partial charge on any atom is -0.492 e. The Kier molecular flexibility index (Phi) is 18.0. The van der Waals surface area contributed by atoms with Crippen LogP contribution in [0.15, 0.2) is 84.9 Å². The Morgan fingerprint density at radius 1 is 0.857 bits per heavy atom. The van der Waals surface area contributed by atoms with E-state index in [1.807, 2.05) is 36.4 Å². The lowest BCUT2D eigenvalue weighted by atomic mass is 9.87. The van der Waals surface area contributed by atoms with E-state index in [9.17, 15) is 29.2 Å². The lowest BCUT2D eigenvalue weighted by molar-refractivity contribution is -0.142. The molecule has 0 spiro atoms. The molecule has 0 radical (unpaired) electrons. The number of fused-ring (bicyclic) bond motifs is 5. The quantitative estimate of drug-likeness (QED) is 0.0598. The van der Waals surface area contributed by atoms with Crippen molar-refractivity contribution in [1.29, 1.82) is 5.26 Å². The zero-order valence-electron chi connectivity index (χ0n) is 35.9. The number of carbonyl (C=O) groups excluding carboxylic acids is 5. The zero-order valence-corrected chi connectivity index (χ0v) is 36.7. The van der Waals surface area contributed by atoms with Crippen molar-refractivity contribution in [1.82, 2.24) is 10.2 Å². The molecule has 14 heteroatoms. The van der Waals surface area contributed by atoms with Crippen LogP contribution in [-0.2, 0) is 25.6 Å². The number of amides is 2. The zero-order chi connectivity index (χ0) is 45.5. The molecule has 0 saturated carbocycles. The summed E-state index contributed by atoms with van der Waals surface area (Å²) in [6.07, 6.45) is 1.11. The van der Waals surface area contributed by atoms with Gasteiger partial charge in [-0.2, -0.15) is 5.26 Å². The molecule has 1 aliphatic heterocycles.